The van der Waals surface area contributed by atoms with E-state index in [0.29, 0.717) is 18.8 Å². The van der Waals surface area contributed by atoms with Gasteiger partial charge >= 0.3 is 5.97 Å². The number of aromatic carboxylic acids is 1. The highest BCUT2D eigenvalue weighted by molar-refractivity contribution is 5.88. The SMILES string of the molecule is Cn1ccnc1CNCc1c(C(=O)O)cnn1C. The van der Waals surface area contributed by atoms with Crippen LogP contribution in [0, 0.1) is 0 Å². The van der Waals surface area contributed by atoms with E-state index < -0.39 is 5.97 Å². The molecule has 0 aliphatic rings. The fourth-order valence-corrected chi connectivity index (χ4v) is 1.71. The van der Waals surface area contributed by atoms with Gasteiger partial charge in [-0.3, -0.25) is 4.68 Å². The van der Waals surface area contributed by atoms with E-state index >= 15 is 0 Å². The molecule has 0 saturated heterocycles. The second kappa shape index (κ2) is 5.01. The quantitative estimate of drug-likeness (QED) is 0.787. The monoisotopic (exact) mass is 249 g/mol. The van der Waals surface area contributed by atoms with E-state index in [9.17, 15) is 4.79 Å². The van der Waals surface area contributed by atoms with Crippen LogP contribution in [0.5, 0.6) is 0 Å². The lowest BCUT2D eigenvalue weighted by molar-refractivity contribution is 0.0695. The minimum Gasteiger partial charge on any atom is -0.478 e. The predicted molar refractivity (Wildman–Crippen MR) is 63.9 cm³/mol. The Hall–Kier alpha value is -2.15. The fraction of sp³-hybridized carbons (Fsp3) is 0.364. The molecule has 2 aromatic rings. The standard InChI is InChI=1S/C11H15N5O2/c1-15-4-3-13-10(15)7-12-6-9-8(11(17)18)5-14-16(9)2/h3-5,12H,6-7H2,1-2H3,(H,17,18). The van der Waals surface area contributed by atoms with Gasteiger partial charge in [0.1, 0.15) is 11.4 Å². The molecule has 0 aromatic carbocycles. The summed E-state index contributed by atoms with van der Waals surface area (Å²) >= 11 is 0. The number of nitrogens with one attached hydrogen (secondary N) is 1. The molecule has 2 heterocycles. The summed E-state index contributed by atoms with van der Waals surface area (Å²) in [6.07, 6.45) is 4.95. The van der Waals surface area contributed by atoms with E-state index in [1.807, 2.05) is 17.8 Å². The van der Waals surface area contributed by atoms with Crippen LogP contribution in [0.15, 0.2) is 18.6 Å². The van der Waals surface area contributed by atoms with Crippen molar-refractivity contribution in [1.82, 2.24) is 24.6 Å². The Labute approximate surface area is 104 Å². The van der Waals surface area contributed by atoms with Gasteiger partial charge in [0.15, 0.2) is 0 Å². The number of aryl methyl sites for hydroxylation is 2. The van der Waals surface area contributed by atoms with Crippen LogP contribution < -0.4 is 5.32 Å². The molecule has 2 N–H and O–H groups in total. The normalized spacial score (nSPS) is 10.8. The van der Waals surface area contributed by atoms with E-state index in [0.717, 1.165) is 5.82 Å². The highest BCUT2D eigenvalue weighted by Crippen LogP contribution is 2.07. The van der Waals surface area contributed by atoms with Gasteiger partial charge in [0.05, 0.1) is 18.4 Å². The third-order valence-corrected chi connectivity index (χ3v) is 2.79. The van der Waals surface area contributed by atoms with Crippen molar-refractivity contribution in [1.29, 1.82) is 0 Å². The zero-order valence-electron chi connectivity index (χ0n) is 10.3. The minimum atomic E-state index is -0.961. The molecule has 0 atom stereocenters. The number of carboxylic acid groups (broad SMARTS) is 1. The average molecular weight is 249 g/mol. The molecule has 96 valence electrons. The maximum Gasteiger partial charge on any atom is 0.339 e. The molecule has 0 saturated carbocycles. The highest BCUT2D eigenvalue weighted by Gasteiger charge is 2.14. The molecule has 0 aliphatic carbocycles. The summed E-state index contributed by atoms with van der Waals surface area (Å²) in [6.45, 7) is 1.01. The number of nitrogens with zero attached hydrogens (tertiary/aromatic N) is 4. The van der Waals surface area contributed by atoms with Crippen molar-refractivity contribution in [3.63, 3.8) is 0 Å². The Morgan fingerprint density at radius 3 is 2.83 bits per heavy atom. The van der Waals surface area contributed by atoms with Crippen molar-refractivity contribution >= 4 is 5.97 Å². The van der Waals surface area contributed by atoms with Gasteiger partial charge in [0.25, 0.3) is 0 Å². The first-order valence-electron chi connectivity index (χ1n) is 5.50. The topological polar surface area (TPSA) is 85.0 Å². The Kier molecular flexibility index (Phi) is 3.42. The first kappa shape index (κ1) is 12.3. The molecule has 0 spiro atoms. The van der Waals surface area contributed by atoms with Crippen LogP contribution in [-0.2, 0) is 27.2 Å². The van der Waals surface area contributed by atoms with E-state index in [2.05, 4.69) is 15.4 Å². The molecule has 7 heteroatoms. The van der Waals surface area contributed by atoms with Crippen molar-refractivity contribution in [2.75, 3.05) is 0 Å². The smallest absolute Gasteiger partial charge is 0.339 e. The lowest BCUT2D eigenvalue weighted by Crippen LogP contribution is -2.19. The summed E-state index contributed by atoms with van der Waals surface area (Å²) in [6, 6.07) is 0. The van der Waals surface area contributed by atoms with Crippen LogP contribution in [0.4, 0.5) is 0 Å². The molecule has 18 heavy (non-hydrogen) atoms. The largest absolute Gasteiger partial charge is 0.478 e. The first-order valence-corrected chi connectivity index (χ1v) is 5.50. The summed E-state index contributed by atoms with van der Waals surface area (Å²) < 4.78 is 3.48. The second-order valence-electron chi connectivity index (χ2n) is 3.99. The predicted octanol–water partition coefficient (Wildman–Crippen LogP) is 0.142. The van der Waals surface area contributed by atoms with Crippen molar-refractivity contribution in [2.24, 2.45) is 14.1 Å². The van der Waals surface area contributed by atoms with E-state index in [-0.39, 0.29) is 5.56 Å². The van der Waals surface area contributed by atoms with Crippen LogP contribution in [0.25, 0.3) is 0 Å². The number of rotatable bonds is 5. The van der Waals surface area contributed by atoms with E-state index in [1.165, 1.54) is 6.20 Å². The zero-order valence-corrected chi connectivity index (χ0v) is 10.3. The Morgan fingerprint density at radius 2 is 2.22 bits per heavy atom. The summed E-state index contributed by atoms with van der Waals surface area (Å²) in [7, 11) is 3.64. The molecule has 0 unspecified atom stereocenters. The fourth-order valence-electron chi connectivity index (χ4n) is 1.71. The molecular weight excluding hydrogens is 234 g/mol. The lowest BCUT2D eigenvalue weighted by Gasteiger charge is -2.06. The Balaban J connectivity index is 2.00. The van der Waals surface area contributed by atoms with Gasteiger partial charge in [0, 0.05) is 33.0 Å². The summed E-state index contributed by atoms with van der Waals surface area (Å²) in [5.74, 6) is -0.0639. The number of carboxylic acids is 1. The van der Waals surface area contributed by atoms with Gasteiger partial charge in [-0.25, -0.2) is 9.78 Å². The van der Waals surface area contributed by atoms with Crippen molar-refractivity contribution in [3.8, 4) is 0 Å². The van der Waals surface area contributed by atoms with Crippen LogP contribution in [0.1, 0.15) is 21.9 Å². The van der Waals surface area contributed by atoms with Gasteiger partial charge in [-0.2, -0.15) is 5.10 Å². The maximum absolute atomic E-state index is 11.0. The van der Waals surface area contributed by atoms with Gasteiger partial charge < -0.3 is 15.0 Å². The zero-order chi connectivity index (χ0) is 13.1. The number of aromatic nitrogens is 4. The van der Waals surface area contributed by atoms with E-state index in [4.69, 9.17) is 5.11 Å². The van der Waals surface area contributed by atoms with Gasteiger partial charge in [-0.05, 0) is 0 Å². The third-order valence-electron chi connectivity index (χ3n) is 2.79. The molecule has 2 rings (SSSR count). The molecular formula is C11H15N5O2. The second-order valence-corrected chi connectivity index (χ2v) is 3.99. The molecule has 7 nitrogen and oxygen atoms in total. The minimum absolute atomic E-state index is 0.227. The number of hydrogen-bond donors (Lipinski definition) is 2. The summed E-state index contributed by atoms with van der Waals surface area (Å²) in [5.41, 5.74) is 0.876. The lowest BCUT2D eigenvalue weighted by atomic mass is 10.2. The Morgan fingerprint density at radius 1 is 1.44 bits per heavy atom. The summed E-state index contributed by atoms with van der Waals surface area (Å²) in [4.78, 5) is 15.2. The van der Waals surface area contributed by atoms with Crippen molar-refractivity contribution in [2.45, 2.75) is 13.1 Å². The number of hydrogen-bond acceptors (Lipinski definition) is 4. The molecule has 0 fully saturated rings. The molecule has 0 radical (unpaired) electrons. The van der Waals surface area contributed by atoms with Crippen molar-refractivity contribution < 1.29 is 9.90 Å². The molecule has 2 aromatic heterocycles. The molecule has 0 bridgehead atoms. The first-order chi connectivity index (χ1) is 8.59. The average Bonchev–Trinajstić information content (AvgIpc) is 2.87. The van der Waals surface area contributed by atoms with E-state index in [1.54, 1.807) is 17.9 Å². The molecule has 0 amide bonds. The van der Waals surface area contributed by atoms with Crippen LogP contribution in [0.2, 0.25) is 0 Å². The van der Waals surface area contributed by atoms with Crippen LogP contribution >= 0.6 is 0 Å². The highest BCUT2D eigenvalue weighted by atomic mass is 16.4. The Bertz CT molecular complexity index is 558. The molecule has 0 aliphatic heterocycles. The van der Waals surface area contributed by atoms with Gasteiger partial charge in [-0.15, -0.1) is 0 Å². The van der Waals surface area contributed by atoms with Crippen molar-refractivity contribution in [3.05, 3.63) is 35.7 Å². The third kappa shape index (κ3) is 2.40. The summed E-state index contributed by atoms with van der Waals surface area (Å²) in [5, 5.41) is 16.1. The van der Waals surface area contributed by atoms with Crippen LogP contribution in [0.3, 0.4) is 0 Å². The maximum atomic E-state index is 11.0. The van der Waals surface area contributed by atoms with Gasteiger partial charge in [0.2, 0.25) is 0 Å². The van der Waals surface area contributed by atoms with Crippen LogP contribution in [-0.4, -0.2) is 30.4 Å². The number of carbonyl (C=O) groups is 1. The number of imidazole rings is 1. The van der Waals surface area contributed by atoms with Gasteiger partial charge in [-0.1, -0.05) is 0 Å².